The summed E-state index contributed by atoms with van der Waals surface area (Å²) < 4.78 is 0. The molecule has 1 aromatic heterocycles. The second kappa shape index (κ2) is 8.08. The molecule has 2 aliphatic heterocycles. The van der Waals surface area contributed by atoms with E-state index >= 15 is 0 Å². The van der Waals surface area contributed by atoms with Crippen LogP contribution >= 0.6 is 22.9 Å². The summed E-state index contributed by atoms with van der Waals surface area (Å²) in [6, 6.07) is 4.22. The molecule has 30 heavy (non-hydrogen) atoms. The van der Waals surface area contributed by atoms with E-state index in [1.807, 2.05) is 13.0 Å². The van der Waals surface area contributed by atoms with Crippen LogP contribution in [0, 0.1) is 6.92 Å². The number of urea groups is 1. The lowest BCUT2D eigenvalue weighted by atomic mass is 10.0. The molecule has 0 aliphatic carbocycles. The summed E-state index contributed by atoms with van der Waals surface area (Å²) >= 11 is 7.47. The molecule has 1 saturated heterocycles. The Bertz CT molecular complexity index is 1070. The summed E-state index contributed by atoms with van der Waals surface area (Å²) in [5.41, 5.74) is 2.86. The number of nitrogens with zero attached hydrogens (tertiary/aromatic N) is 1. The van der Waals surface area contributed by atoms with Gasteiger partial charge in [-0.05, 0) is 36.6 Å². The molecule has 3 N–H and O–H groups in total. The first-order valence-electron chi connectivity index (χ1n) is 9.38. The molecule has 1 fully saturated rings. The fourth-order valence-corrected chi connectivity index (χ4v) is 4.71. The third-order valence-corrected chi connectivity index (χ3v) is 6.66. The molecule has 3 heterocycles. The van der Waals surface area contributed by atoms with Crippen LogP contribution in [0.3, 0.4) is 0 Å². The molecule has 0 saturated carbocycles. The molecule has 156 valence electrons. The Hall–Kier alpha value is -2.91. The summed E-state index contributed by atoms with van der Waals surface area (Å²) in [4.78, 5) is 50.8. The van der Waals surface area contributed by atoms with E-state index in [1.54, 1.807) is 17.5 Å². The molecule has 4 rings (SSSR count). The molecule has 1 aromatic carbocycles. The van der Waals surface area contributed by atoms with Crippen LogP contribution in [0.2, 0.25) is 5.02 Å². The lowest BCUT2D eigenvalue weighted by Crippen LogP contribution is -2.52. The zero-order chi connectivity index (χ0) is 21.4. The van der Waals surface area contributed by atoms with E-state index in [0.29, 0.717) is 22.7 Å². The SMILES string of the molecule is Cc1ccc(NC(=O)NCc2scc3c2CN([C@@H]2CCC(=O)NC2=O)C3=O)cc1Cl. The summed E-state index contributed by atoms with van der Waals surface area (Å²) in [6.07, 6.45) is 0.532. The maximum Gasteiger partial charge on any atom is 0.319 e. The number of carbonyl (C=O) groups excluding carboxylic acids is 4. The van der Waals surface area contributed by atoms with E-state index in [9.17, 15) is 19.2 Å². The first-order valence-corrected chi connectivity index (χ1v) is 10.6. The summed E-state index contributed by atoms with van der Waals surface area (Å²) in [5.74, 6) is -0.979. The van der Waals surface area contributed by atoms with Crippen molar-refractivity contribution < 1.29 is 19.2 Å². The number of nitrogens with one attached hydrogen (secondary N) is 3. The van der Waals surface area contributed by atoms with E-state index in [4.69, 9.17) is 11.6 Å². The lowest BCUT2D eigenvalue weighted by Gasteiger charge is -2.29. The number of halogens is 1. The van der Waals surface area contributed by atoms with Crippen LogP contribution in [0.5, 0.6) is 0 Å². The van der Waals surface area contributed by atoms with Gasteiger partial charge in [-0.1, -0.05) is 17.7 Å². The number of fused-ring (bicyclic) bond motifs is 1. The van der Waals surface area contributed by atoms with Crippen molar-refractivity contribution in [3.63, 3.8) is 0 Å². The van der Waals surface area contributed by atoms with Crippen molar-refractivity contribution in [1.82, 2.24) is 15.5 Å². The molecule has 1 atom stereocenters. The maximum atomic E-state index is 12.7. The number of benzene rings is 1. The highest BCUT2D eigenvalue weighted by molar-refractivity contribution is 7.10. The van der Waals surface area contributed by atoms with Crippen molar-refractivity contribution in [3.05, 3.63) is 50.2 Å². The van der Waals surface area contributed by atoms with Crippen LogP contribution in [-0.2, 0) is 22.7 Å². The number of amides is 5. The molecule has 8 nitrogen and oxygen atoms in total. The highest BCUT2D eigenvalue weighted by Crippen LogP contribution is 2.33. The van der Waals surface area contributed by atoms with Crippen molar-refractivity contribution >= 4 is 52.4 Å². The Labute approximate surface area is 181 Å². The number of imide groups is 1. The Balaban J connectivity index is 1.39. The van der Waals surface area contributed by atoms with E-state index < -0.39 is 11.9 Å². The largest absolute Gasteiger partial charge is 0.333 e. The monoisotopic (exact) mass is 446 g/mol. The molecule has 0 bridgehead atoms. The van der Waals surface area contributed by atoms with E-state index in [0.717, 1.165) is 16.0 Å². The van der Waals surface area contributed by atoms with Gasteiger partial charge in [-0.25, -0.2) is 4.79 Å². The van der Waals surface area contributed by atoms with Gasteiger partial charge in [-0.15, -0.1) is 11.3 Å². The Morgan fingerprint density at radius 2 is 2.13 bits per heavy atom. The number of carbonyl (C=O) groups is 4. The summed E-state index contributed by atoms with van der Waals surface area (Å²) in [6.45, 7) is 2.42. The number of piperidine rings is 1. The van der Waals surface area contributed by atoms with Crippen LogP contribution in [-0.4, -0.2) is 34.7 Å². The van der Waals surface area contributed by atoms with Crippen LogP contribution in [0.1, 0.15) is 39.2 Å². The fourth-order valence-electron chi connectivity index (χ4n) is 3.56. The second-order valence-electron chi connectivity index (χ2n) is 7.22. The lowest BCUT2D eigenvalue weighted by molar-refractivity contribution is -0.136. The molecule has 0 radical (unpaired) electrons. The predicted molar refractivity (Wildman–Crippen MR) is 112 cm³/mol. The van der Waals surface area contributed by atoms with Crippen molar-refractivity contribution in [2.24, 2.45) is 0 Å². The summed E-state index contributed by atoms with van der Waals surface area (Å²) in [7, 11) is 0. The zero-order valence-corrected chi connectivity index (χ0v) is 17.7. The highest BCUT2D eigenvalue weighted by atomic mass is 35.5. The van der Waals surface area contributed by atoms with Gasteiger partial charge in [0.25, 0.3) is 5.91 Å². The predicted octanol–water partition coefficient (Wildman–Crippen LogP) is 2.79. The maximum absolute atomic E-state index is 12.7. The normalized spacial score (nSPS) is 18.3. The highest BCUT2D eigenvalue weighted by Gasteiger charge is 2.40. The van der Waals surface area contributed by atoms with Gasteiger partial charge in [-0.2, -0.15) is 0 Å². The minimum atomic E-state index is -0.650. The fraction of sp³-hybridized carbons (Fsp3) is 0.300. The number of hydrogen-bond acceptors (Lipinski definition) is 5. The molecule has 0 spiro atoms. The Morgan fingerprint density at radius 1 is 1.33 bits per heavy atom. The van der Waals surface area contributed by atoms with Gasteiger partial charge in [0.2, 0.25) is 11.8 Å². The minimum Gasteiger partial charge on any atom is -0.333 e. The third kappa shape index (κ3) is 3.90. The smallest absolute Gasteiger partial charge is 0.319 e. The molecule has 2 aromatic rings. The van der Waals surface area contributed by atoms with E-state index in [1.165, 1.54) is 16.2 Å². The van der Waals surface area contributed by atoms with Crippen molar-refractivity contribution in [2.45, 2.75) is 38.9 Å². The number of rotatable bonds is 4. The Kier molecular flexibility index (Phi) is 5.48. The first-order chi connectivity index (χ1) is 14.3. The molecule has 5 amide bonds. The molecular formula is C20H19ClN4O4S. The number of thiophene rings is 1. The van der Waals surface area contributed by atoms with E-state index in [2.05, 4.69) is 16.0 Å². The molecule has 2 aliphatic rings. The van der Waals surface area contributed by atoms with Crippen molar-refractivity contribution in [3.8, 4) is 0 Å². The topological polar surface area (TPSA) is 108 Å². The van der Waals surface area contributed by atoms with Crippen LogP contribution < -0.4 is 16.0 Å². The summed E-state index contributed by atoms with van der Waals surface area (Å²) in [5, 5.41) is 10.1. The van der Waals surface area contributed by atoms with E-state index in [-0.39, 0.29) is 37.4 Å². The second-order valence-corrected chi connectivity index (χ2v) is 8.59. The van der Waals surface area contributed by atoms with Crippen LogP contribution in [0.25, 0.3) is 0 Å². The molecular weight excluding hydrogens is 428 g/mol. The van der Waals surface area contributed by atoms with Crippen LogP contribution in [0.15, 0.2) is 23.6 Å². The number of aryl methyl sites for hydroxylation is 1. The van der Waals surface area contributed by atoms with Gasteiger partial charge in [0.05, 0.1) is 12.1 Å². The average molecular weight is 447 g/mol. The van der Waals surface area contributed by atoms with Crippen molar-refractivity contribution in [2.75, 3.05) is 5.32 Å². The zero-order valence-electron chi connectivity index (χ0n) is 16.1. The Morgan fingerprint density at radius 3 is 2.87 bits per heavy atom. The van der Waals surface area contributed by atoms with Gasteiger partial charge in [0.1, 0.15) is 6.04 Å². The minimum absolute atomic E-state index is 0.213. The van der Waals surface area contributed by atoms with Gasteiger partial charge >= 0.3 is 6.03 Å². The third-order valence-electron chi connectivity index (χ3n) is 5.23. The van der Waals surface area contributed by atoms with Gasteiger partial charge in [-0.3, -0.25) is 19.7 Å². The number of hydrogen-bond donors (Lipinski definition) is 3. The average Bonchev–Trinajstić information content (AvgIpc) is 3.23. The number of anilines is 1. The van der Waals surface area contributed by atoms with Gasteiger partial charge in [0.15, 0.2) is 0 Å². The molecule has 0 unspecified atom stereocenters. The quantitative estimate of drug-likeness (QED) is 0.627. The first kappa shape index (κ1) is 20.4. The van der Waals surface area contributed by atoms with Crippen LogP contribution in [0.4, 0.5) is 10.5 Å². The molecule has 10 heteroatoms. The van der Waals surface area contributed by atoms with Gasteiger partial charge in [0, 0.05) is 33.9 Å². The van der Waals surface area contributed by atoms with Crippen molar-refractivity contribution in [1.29, 1.82) is 0 Å². The standard InChI is InChI=1S/C20H19ClN4O4S/c1-10-2-3-11(6-14(10)21)23-20(29)22-7-16-12-8-25(19(28)13(12)9-30-16)15-4-5-17(26)24-18(15)27/h2-3,6,9,15H,4-5,7-8H2,1H3,(H2,22,23,29)(H,24,26,27)/t15-/m1/s1. The van der Waals surface area contributed by atoms with Gasteiger partial charge < -0.3 is 15.5 Å².